The van der Waals surface area contributed by atoms with E-state index in [0.29, 0.717) is 0 Å². The Morgan fingerprint density at radius 2 is 2.20 bits per heavy atom. The van der Waals surface area contributed by atoms with Crippen LogP contribution >= 0.6 is 11.6 Å². The molecule has 0 atom stereocenters. The maximum absolute atomic E-state index is 13.6. The van der Waals surface area contributed by atoms with Gasteiger partial charge in [-0.2, -0.15) is 0 Å². The SMILES string of the molecule is Cc1ccc(F)c(Oc2nccc(/C(N)=N/O)c2Cl)c1. The van der Waals surface area contributed by atoms with Crippen LogP contribution in [-0.4, -0.2) is 16.0 Å². The fraction of sp³-hybridized carbons (Fsp3) is 0.0769. The number of oxime groups is 1. The zero-order chi connectivity index (χ0) is 14.7. The third-order valence-corrected chi connectivity index (χ3v) is 2.90. The highest BCUT2D eigenvalue weighted by atomic mass is 35.5. The molecule has 5 nitrogen and oxygen atoms in total. The van der Waals surface area contributed by atoms with E-state index in [1.807, 2.05) is 0 Å². The van der Waals surface area contributed by atoms with Crippen molar-refractivity contribution in [3.05, 3.63) is 52.4 Å². The molecule has 1 heterocycles. The highest BCUT2D eigenvalue weighted by Crippen LogP contribution is 2.31. The second-order valence-corrected chi connectivity index (χ2v) is 4.38. The zero-order valence-electron chi connectivity index (χ0n) is 10.5. The summed E-state index contributed by atoms with van der Waals surface area (Å²) in [4.78, 5) is 3.91. The first kappa shape index (κ1) is 14.1. The van der Waals surface area contributed by atoms with Gasteiger partial charge in [-0.15, -0.1) is 0 Å². The lowest BCUT2D eigenvalue weighted by Crippen LogP contribution is -2.14. The Labute approximate surface area is 119 Å². The van der Waals surface area contributed by atoms with E-state index < -0.39 is 5.82 Å². The summed E-state index contributed by atoms with van der Waals surface area (Å²) < 4.78 is 19.0. The van der Waals surface area contributed by atoms with Crippen LogP contribution in [0.15, 0.2) is 35.6 Å². The van der Waals surface area contributed by atoms with Crippen molar-refractivity contribution < 1.29 is 14.3 Å². The molecule has 0 aliphatic rings. The van der Waals surface area contributed by atoms with Crippen molar-refractivity contribution in [3.8, 4) is 11.6 Å². The predicted molar refractivity (Wildman–Crippen MR) is 73.0 cm³/mol. The van der Waals surface area contributed by atoms with Crippen LogP contribution in [0.5, 0.6) is 11.6 Å². The van der Waals surface area contributed by atoms with Gasteiger partial charge in [-0.1, -0.05) is 22.8 Å². The Hall–Kier alpha value is -2.34. The van der Waals surface area contributed by atoms with E-state index in [1.165, 1.54) is 24.4 Å². The Morgan fingerprint density at radius 1 is 1.45 bits per heavy atom. The first-order valence-corrected chi connectivity index (χ1v) is 5.97. The van der Waals surface area contributed by atoms with E-state index in [4.69, 9.17) is 27.3 Å². The summed E-state index contributed by atoms with van der Waals surface area (Å²) >= 11 is 6.04. The zero-order valence-corrected chi connectivity index (χ0v) is 11.2. The number of nitrogens with two attached hydrogens (primary N) is 1. The van der Waals surface area contributed by atoms with E-state index in [0.717, 1.165) is 5.56 Å². The monoisotopic (exact) mass is 295 g/mol. The first-order chi connectivity index (χ1) is 9.52. The third kappa shape index (κ3) is 2.80. The van der Waals surface area contributed by atoms with E-state index in [9.17, 15) is 4.39 Å². The van der Waals surface area contributed by atoms with Crippen molar-refractivity contribution in [2.24, 2.45) is 10.9 Å². The molecule has 0 bridgehead atoms. The van der Waals surface area contributed by atoms with Crippen molar-refractivity contribution in [1.29, 1.82) is 0 Å². The summed E-state index contributed by atoms with van der Waals surface area (Å²) in [6.45, 7) is 1.80. The van der Waals surface area contributed by atoms with Crippen LogP contribution in [0, 0.1) is 12.7 Å². The molecule has 7 heteroatoms. The number of hydrogen-bond donors (Lipinski definition) is 2. The molecule has 0 saturated carbocycles. The van der Waals surface area contributed by atoms with E-state index in [-0.39, 0.29) is 28.1 Å². The van der Waals surface area contributed by atoms with Crippen LogP contribution in [0.25, 0.3) is 0 Å². The van der Waals surface area contributed by atoms with E-state index >= 15 is 0 Å². The average Bonchev–Trinajstić information content (AvgIpc) is 2.44. The second kappa shape index (κ2) is 5.75. The number of nitrogens with zero attached hydrogens (tertiary/aromatic N) is 2. The number of rotatable bonds is 3. The van der Waals surface area contributed by atoms with Gasteiger partial charge in [-0.25, -0.2) is 9.37 Å². The molecule has 0 fully saturated rings. The molecule has 0 aliphatic carbocycles. The van der Waals surface area contributed by atoms with Gasteiger partial charge in [-0.3, -0.25) is 0 Å². The lowest BCUT2D eigenvalue weighted by molar-refractivity contribution is 0.318. The van der Waals surface area contributed by atoms with Crippen LogP contribution in [0.2, 0.25) is 5.02 Å². The first-order valence-electron chi connectivity index (χ1n) is 5.59. The largest absolute Gasteiger partial charge is 0.434 e. The van der Waals surface area contributed by atoms with E-state index in [1.54, 1.807) is 13.0 Å². The molecule has 0 spiro atoms. The number of amidine groups is 1. The number of halogens is 2. The van der Waals surface area contributed by atoms with Crippen LogP contribution in [-0.2, 0) is 0 Å². The van der Waals surface area contributed by atoms with Gasteiger partial charge in [0.05, 0.1) is 0 Å². The summed E-state index contributed by atoms with van der Waals surface area (Å²) in [6.07, 6.45) is 1.36. The highest BCUT2D eigenvalue weighted by Gasteiger charge is 2.14. The Kier molecular flexibility index (Phi) is 4.05. The van der Waals surface area contributed by atoms with Crippen molar-refractivity contribution in [1.82, 2.24) is 4.98 Å². The summed E-state index contributed by atoms with van der Waals surface area (Å²) in [6, 6.07) is 5.87. The number of pyridine rings is 1. The van der Waals surface area contributed by atoms with Gasteiger partial charge in [0.25, 0.3) is 0 Å². The number of ether oxygens (including phenoxy) is 1. The Balaban J connectivity index is 2.42. The van der Waals surface area contributed by atoms with E-state index in [2.05, 4.69) is 10.1 Å². The lowest BCUT2D eigenvalue weighted by Gasteiger charge is -2.10. The van der Waals surface area contributed by atoms with Gasteiger partial charge in [0.1, 0.15) is 5.02 Å². The van der Waals surface area contributed by atoms with Crippen molar-refractivity contribution in [2.45, 2.75) is 6.92 Å². The normalized spacial score (nSPS) is 11.4. The van der Waals surface area contributed by atoms with Crippen LogP contribution in [0.4, 0.5) is 4.39 Å². The molecule has 3 N–H and O–H groups in total. The van der Waals surface area contributed by atoms with Crippen LogP contribution < -0.4 is 10.5 Å². The highest BCUT2D eigenvalue weighted by molar-refractivity contribution is 6.35. The minimum atomic E-state index is -0.539. The van der Waals surface area contributed by atoms with Crippen LogP contribution in [0.3, 0.4) is 0 Å². The predicted octanol–water partition coefficient (Wildman–Crippen LogP) is 3.07. The lowest BCUT2D eigenvalue weighted by atomic mass is 10.2. The molecule has 104 valence electrons. The third-order valence-electron chi connectivity index (χ3n) is 2.53. The fourth-order valence-electron chi connectivity index (χ4n) is 1.54. The summed E-state index contributed by atoms with van der Waals surface area (Å²) in [5.41, 5.74) is 6.54. The average molecular weight is 296 g/mol. The molecule has 1 aromatic heterocycles. The van der Waals surface area contributed by atoms with Gasteiger partial charge in [0.15, 0.2) is 17.4 Å². The van der Waals surface area contributed by atoms with Gasteiger partial charge < -0.3 is 15.7 Å². The van der Waals surface area contributed by atoms with Gasteiger partial charge >= 0.3 is 0 Å². The molecule has 2 rings (SSSR count). The molecule has 1 aromatic carbocycles. The number of benzene rings is 1. The fourth-order valence-corrected chi connectivity index (χ4v) is 1.79. The molecular weight excluding hydrogens is 285 g/mol. The second-order valence-electron chi connectivity index (χ2n) is 4.00. The molecular formula is C13H11ClFN3O2. The van der Waals surface area contributed by atoms with Gasteiger partial charge in [0.2, 0.25) is 5.88 Å². The topological polar surface area (TPSA) is 80.7 Å². The summed E-state index contributed by atoms with van der Waals surface area (Å²) in [7, 11) is 0. The van der Waals surface area contributed by atoms with Gasteiger partial charge in [0, 0.05) is 11.8 Å². The molecule has 0 unspecified atom stereocenters. The number of hydrogen-bond acceptors (Lipinski definition) is 4. The molecule has 0 radical (unpaired) electrons. The number of aryl methyl sites for hydroxylation is 1. The molecule has 0 saturated heterocycles. The van der Waals surface area contributed by atoms with Crippen LogP contribution in [0.1, 0.15) is 11.1 Å². The summed E-state index contributed by atoms with van der Waals surface area (Å²) in [5.74, 6) is -0.758. The maximum atomic E-state index is 13.6. The van der Waals surface area contributed by atoms with Gasteiger partial charge in [-0.05, 0) is 30.7 Å². The standard InChI is InChI=1S/C13H11ClFN3O2/c1-7-2-3-9(15)10(6-7)20-13-11(14)8(4-5-17-13)12(16)18-19/h2-6,19H,1H3,(H2,16,18). The summed E-state index contributed by atoms with van der Waals surface area (Å²) in [5, 5.41) is 11.5. The van der Waals surface area contributed by atoms with Crippen molar-refractivity contribution in [3.63, 3.8) is 0 Å². The Morgan fingerprint density at radius 3 is 2.90 bits per heavy atom. The quantitative estimate of drug-likeness (QED) is 0.395. The minimum Gasteiger partial charge on any atom is -0.434 e. The molecule has 0 amide bonds. The molecule has 2 aromatic rings. The van der Waals surface area contributed by atoms with Crippen molar-refractivity contribution >= 4 is 17.4 Å². The number of aromatic nitrogens is 1. The Bertz CT molecular complexity index is 677. The molecule has 0 aliphatic heterocycles. The maximum Gasteiger partial charge on any atom is 0.239 e. The van der Waals surface area contributed by atoms with Crippen molar-refractivity contribution in [2.75, 3.05) is 0 Å². The smallest absolute Gasteiger partial charge is 0.239 e. The molecule has 20 heavy (non-hydrogen) atoms. The minimum absolute atomic E-state index is 0.00365.